The van der Waals surface area contributed by atoms with Gasteiger partial charge >= 0.3 is 0 Å². The lowest BCUT2D eigenvalue weighted by Gasteiger charge is -2.30. The fourth-order valence-electron chi connectivity index (χ4n) is 3.53. The number of hydrogen-bond donors (Lipinski definition) is 1. The van der Waals surface area contributed by atoms with Gasteiger partial charge in [-0.15, -0.1) is 0 Å². The zero-order valence-electron chi connectivity index (χ0n) is 12.8. The van der Waals surface area contributed by atoms with Crippen molar-refractivity contribution in [3.8, 4) is 0 Å². The normalized spacial score (nSPS) is 22.9. The van der Waals surface area contributed by atoms with E-state index in [9.17, 15) is 0 Å². The summed E-state index contributed by atoms with van der Waals surface area (Å²) in [5.74, 6) is 0.873. The summed E-state index contributed by atoms with van der Waals surface area (Å²) in [5, 5.41) is 3.93. The summed E-state index contributed by atoms with van der Waals surface area (Å²) in [7, 11) is 0. The highest BCUT2D eigenvalue weighted by atomic mass is 32.2. The Morgan fingerprint density at radius 3 is 2.40 bits per heavy atom. The lowest BCUT2D eigenvalue weighted by atomic mass is 9.99. The van der Waals surface area contributed by atoms with Crippen molar-refractivity contribution >= 4 is 11.8 Å². The molecule has 1 atom stereocenters. The highest BCUT2D eigenvalue weighted by Gasteiger charge is 2.37. The van der Waals surface area contributed by atoms with E-state index in [-0.39, 0.29) is 0 Å². The molecule has 0 aliphatic heterocycles. The van der Waals surface area contributed by atoms with Crippen LogP contribution in [0.1, 0.15) is 55.7 Å². The highest BCUT2D eigenvalue weighted by molar-refractivity contribution is 8.00. The first-order chi connectivity index (χ1) is 9.72. The molecule has 1 nitrogen and oxygen atoms in total. The van der Waals surface area contributed by atoms with Gasteiger partial charge in [-0.2, -0.15) is 11.8 Å². The van der Waals surface area contributed by atoms with Crippen molar-refractivity contribution in [2.75, 3.05) is 12.8 Å². The molecule has 0 radical (unpaired) electrons. The molecule has 0 aromatic heterocycles. The molecule has 0 amide bonds. The van der Waals surface area contributed by atoms with E-state index in [1.54, 1.807) is 0 Å². The molecule has 0 heterocycles. The monoisotopic (exact) mass is 289 g/mol. The summed E-state index contributed by atoms with van der Waals surface area (Å²) >= 11 is 2.09. The lowest BCUT2D eigenvalue weighted by molar-refractivity contribution is 0.435. The van der Waals surface area contributed by atoms with Crippen molar-refractivity contribution in [1.82, 2.24) is 5.32 Å². The predicted octanol–water partition coefficient (Wildman–Crippen LogP) is 4.71. The van der Waals surface area contributed by atoms with Gasteiger partial charge in [0.25, 0.3) is 0 Å². The van der Waals surface area contributed by atoms with Crippen molar-refractivity contribution in [2.45, 2.75) is 56.2 Å². The fraction of sp³-hybridized carbons (Fsp3) is 0.667. The summed E-state index contributed by atoms with van der Waals surface area (Å²) in [6.45, 7) is 3.35. The van der Waals surface area contributed by atoms with Crippen molar-refractivity contribution in [3.63, 3.8) is 0 Å². The topological polar surface area (TPSA) is 12.0 Å². The van der Waals surface area contributed by atoms with Crippen LogP contribution in [0.4, 0.5) is 0 Å². The van der Waals surface area contributed by atoms with Gasteiger partial charge in [0.2, 0.25) is 0 Å². The smallest absolute Gasteiger partial charge is 0.0349 e. The molecule has 110 valence electrons. The fourth-order valence-corrected chi connectivity index (χ4v) is 4.45. The van der Waals surface area contributed by atoms with E-state index in [2.05, 4.69) is 54.5 Å². The third kappa shape index (κ3) is 3.23. The summed E-state index contributed by atoms with van der Waals surface area (Å²) in [5.41, 5.74) is 2.85. The number of aryl methyl sites for hydroxylation is 1. The van der Waals surface area contributed by atoms with Crippen LogP contribution >= 0.6 is 11.8 Å². The molecule has 1 unspecified atom stereocenters. The van der Waals surface area contributed by atoms with Gasteiger partial charge in [-0.25, -0.2) is 0 Å². The van der Waals surface area contributed by atoms with Gasteiger partial charge in [0, 0.05) is 17.3 Å². The maximum atomic E-state index is 3.93. The molecule has 2 aliphatic carbocycles. The zero-order valence-corrected chi connectivity index (χ0v) is 13.6. The molecule has 0 saturated heterocycles. The molecule has 2 fully saturated rings. The molecule has 20 heavy (non-hydrogen) atoms. The second-order valence-corrected chi connectivity index (χ2v) is 7.98. The van der Waals surface area contributed by atoms with Gasteiger partial charge < -0.3 is 5.32 Å². The van der Waals surface area contributed by atoms with Crippen molar-refractivity contribution in [1.29, 1.82) is 0 Å². The van der Waals surface area contributed by atoms with E-state index in [0.717, 1.165) is 5.92 Å². The van der Waals surface area contributed by atoms with Crippen LogP contribution in [0.25, 0.3) is 0 Å². The summed E-state index contributed by atoms with van der Waals surface area (Å²) < 4.78 is 0.512. The molecule has 1 aromatic carbocycles. The van der Waals surface area contributed by atoms with Crippen LogP contribution in [0.5, 0.6) is 0 Å². The minimum atomic E-state index is 0.512. The van der Waals surface area contributed by atoms with Crippen LogP contribution in [0.15, 0.2) is 24.3 Å². The average molecular weight is 289 g/mol. The summed E-state index contributed by atoms with van der Waals surface area (Å²) in [4.78, 5) is 0. The SMILES string of the molecule is CSC1(CNC(c2ccc(C)cc2)C2CC2)CCCC1. The van der Waals surface area contributed by atoms with Crippen molar-refractivity contribution < 1.29 is 0 Å². The lowest BCUT2D eigenvalue weighted by Crippen LogP contribution is -2.37. The standard InChI is InChI=1S/C18H27NS/c1-14-5-7-15(8-6-14)17(16-9-10-16)19-13-18(20-2)11-3-4-12-18/h5-8,16-17,19H,3-4,9-13H2,1-2H3. The molecule has 2 heteroatoms. The Bertz CT molecular complexity index is 429. The first-order valence-electron chi connectivity index (χ1n) is 8.08. The quantitative estimate of drug-likeness (QED) is 0.814. The minimum absolute atomic E-state index is 0.512. The molecule has 1 N–H and O–H groups in total. The zero-order chi connectivity index (χ0) is 14.0. The van der Waals surface area contributed by atoms with Gasteiger partial charge in [0.1, 0.15) is 0 Å². The second-order valence-electron chi connectivity index (χ2n) is 6.70. The average Bonchev–Trinajstić information content (AvgIpc) is 3.19. The van der Waals surface area contributed by atoms with Gasteiger partial charge in [-0.3, -0.25) is 0 Å². The third-order valence-corrected chi connectivity index (χ3v) is 6.54. The van der Waals surface area contributed by atoms with Gasteiger partial charge in [0.15, 0.2) is 0 Å². The molecule has 1 aromatic rings. The number of rotatable bonds is 6. The number of thioether (sulfide) groups is 1. The van der Waals surface area contributed by atoms with Crippen LogP contribution in [0, 0.1) is 12.8 Å². The summed E-state index contributed by atoms with van der Waals surface area (Å²) in [6, 6.07) is 9.75. The number of benzene rings is 1. The van der Waals surface area contributed by atoms with Crippen molar-refractivity contribution in [3.05, 3.63) is 35.4 Å². The van der Waals surface area contributed by atoms with Gasteiger partial charge in [-0.05, 0) is 50.3 Å². The van der Waals surface area contributed by atoms with E-state index < -0.39 is 0 Å². The van der Waals surface area contributed by atoms with Gasteiger partial charge in [0.05, 0.1) is 0 Å². The predicted molar refractivity (Wildman–Crippen MR) is 89.4 cm³/mol. The molecule has 2 aliphatic rings. The maximum absolute atomic E-state index is 3.93. The Hall–Kier alpha value is -0.470. The Kier molecular flexibility index (Phi) is 4.42. The molecule has 2 saturated carbocycles. The molecule has 3 rings (SSSR count). The Morgan fingerprint density at radius 2 is 1.85 bits per heavy atom. The summed E-state index contributed by atoms with van der Waals surface area (Å²) in [6.07, 6.45) is 10.7. The van der Waals surface area contributed by atoms with E-state index in [0.29, 0.717) is 10.8 Å². The highest BCUT2D eigenvalue weighted by Crippen LogP contribution is 2.43. The number of nitrogens with one attached hydrogen (secondary N) is 1. The Balaban J connectivity index is 1.67. The van der Waals surface area contributed by atoms with E-state index in [1.807, 2.05) is 0 Å². The van der Waals surface area contributed by atoms with Crippen LogP contribution in [0.3, 0.4) is 0 Å². The first kappa shape index (κ1) is 14.5. The maximum Gasteiger partial charge on any atom is 0.0349 e. The van der Waals surface area contributed by atoms with E-state index in [4.69, 9.17) is 0 Å². The number of hydrogen-bond acceptors (Lipinski definition) is 2. The van der Waals surface area contributed by atoms with Crippen molar-refractivity contribution in [2.24, 2.45) is 5.92 Å². The Labute approximate surface area is 127 Å². The van der Waals surface area contributed by atoms with E-state index in [1.165, 1.54) is 56.2 Å². The Morgan fingerprint density at radius 1 is 1.20 bits per heavy atom. The van der Waals surface area contributed by atoms with E-state index >= 15 is 0 Å². The second kappa shape index (κ2) is 6.11. The van der Waals surface area contributed by atoms with Crippen LogP contribution in [-0.4, -0.2) is 17.5 Å². The van der Waals surface area contributed by atoms with Crippen LogP contribution < -0.4 is 5.32 Å². The first-order valence-corrected chi connectivity index (χ1v) is 9.30. The van der Waals surface area contributed by atoms with Crippen LogP contribution in [-0.2, 0) is 0 Å². The van der Waals surface area contributed by atoms with Crippen LogP contribution in [0.2, 0.25) is 0 Å². The molecular weight excluding hydrogens is 262 g/mol. The third-order valence-electron chi connectivity index (χ3n) is 5.12. The van der Waals surface area contributed by atoms with Gasteiger partial charge in [-0.1, -0.05) is 42.7 Å². The molecule has 0 spiro atoms. The molecule has 0 bridgehead atoms. The molecular formula is C18H27NS. The largest absolute Gasteiger partial charge is 0.308 e. The minimum Gasteiger partial charge on any atom is -0.308 e.